The van der Waals surface area contributed by atoms with E-state index in [-0.39, 0.29) is 19.1 Å². The van der Waals surface area contributed by atoms with Crippen molar-refractivity contribution in [3.05, 3.63) is 27.8 Å². The molecule has 0 radical (unpaired) electrons. The average Bonchev–Trinajstić information content (AvgIpc) is 2.42. The predicted molar refractivity (Wildman–Crippen MR) is 83.1 cm³/mol. The molecule has 0 saturated carbocycles. The lowest BCUT2D eigenvalue weighted by Gasteiger charge is -2.14. The Morgan fingerprint density at radius 3 is 2.68 bits per heavy atom. The maximum atomic E-state index is 11.6. The average molecular weight is 377 g/mol. The van der Waals surface area contributed by atoms with E-state index in [2.05, 4.69) is 34.8 Å². The van der Waals surface area contributed by atoms with E-state index in [1.54, 1.807) is 0 Å². The van der Waals surface area contributed by atoms with Gasteiger partial charge in [0.2, 0.25) is 0 Å². The molecule has 106 valence electrons. The molecule has 0 aliphatic rings. The molecule has 1 amide bonds. The smallest absolute Gasteiger partial charge is 0.257 e. The summed E-state index contributed by atoms with van der Waals surface area (Å²) in [5.74, 6) is 0.889. The van der Waals surface area contributed by atoms with E-state index in [0.717, 1.165) is 16.4 Å². The first kappa shape index (κ1) is 16.2. The Bertz CT molecular complexity index is 381. The molecule has 19 heavy (non-hydrogen) atoms. The summed E-state index contributed by atoms with van der Waals surface area (Å²) in [5, 5.41) is 11.7. The number of carbonyl (C=O) groups excluding carboxylic acids is 1. The van der Waals surface area contributed by atoms with Crippen molar-refractivity contribution in [2.24, 2.45) is 5.92 Å². The topological polar surface area (TPSA) is 58.6 Å². The standard InChI is InChI=1S/C14H20INO3/c1-2-11(7-8-17)9-16-14(18)10-19-13-5-3-12(15)4-6-13/h3-6,11,17H,2,7-10H2,1H3,(H,16,18)/t11-/m1/s1. The van der Waals surface area contributed by atoms with Crippen LogP contribution >= 0.6 is 22.6 Å². The van der Waals surface area contributed by atoms with Gasteiger partial charge in [0.1, 0.15) is 5.75 Å². The van der Waals surface area contributed by atoms with Gasteiger partial charge in [0.05, 0.1) is 0 Å². The quantitative estimate of drug-likeness (QED) is 0.683. The van der Waals surface area contributed by atoms with Crippen molar-refractivity contribution in [1.29, 1.82) is 0 Å². The minimum absolute atomic E-state index is 0.0240. The van der Waals surface area contributed by atoms with Crippen molar-refractivity contribution in [2.45, 2.75) is 19.8 Å². The first-order chi connectivity index (χ1) is 9.15. The van der Waals surface area contributed by atoms with Crippen LogP contribution in [0.15, 0.2) is 24.3 Å². The highest BCUT2D eigenvalue weighted by Gasteiger charge is 2.08. The van der Waals surface area contributed by atoms with E-state index in [1.807, 2.05) is 24.3 Å². The van der Waals surface area contributed by atoms with Crippen molar-refractivity contribution in [2.75, 3.05) is 19.8 Å². The van der Waals surface area contributed by atoms with Crippen LogP contribution in [0, 0.1) is 9.49 Å². The molecule has 0 fully saturated rings. The fraction of sp³-hybridized carbons (Fsp3) is 0.500. The summed E-state index contributed by atoms with van der Waals surface area (Å²) in [5.41, 5.74) is 0. The van der Waals surface area contributed by atoms with Gasteiger partial charge >= 0.3 is 0 Å². The van der Waals surface area contributed by atoms with Gasteiger partial charge in [-0.15, -0.1) is 0 Å². The minimum Gasteiger partial charge on any atom is -0.484 e. The lowest BCUT2D eigenvalue weighted by molar-refractivity contribution is -0.123. The largest absolute Gasteiger partial charge is 0.484 e. The monoisotopic (exact) mass is 377 g/mol. The van der Waals surface area contributed by atoms with Gasteiger partial charge in [0.15, 0.2) is 6.61 Å². The molecule has 5 heteroatoms. The molecule has 0 aliphatic heterocycles. The van der Waals surface area contributed by atoms with Crippen molar-refractivity contribution in [1.82, 2.24) is 5.32 Å². The second kappa shape index (κ2) is 9.14. The molecular weight excluding hydrogens is 357 g/mol. The number of halogens is 1. The van der Waals surface area contributed by atoms with Gasteiger partial charge in [-0.1, -0.05) is 13.3 Å². The SMILES string of the molecule is CC[C@H](CCO)CNC(=O)COc1ccc(I)cc1. The fourth-order valence-electron chi connectivity index (χ4n) is 1.62. The van der Waals surface area contributed by atoms with Gasteiger partial charge in [0.25, 0.3) is 5.91 Å². The van der Waals surface area contributed by atoms with Crippen molar-refractivity contribution >= 4 is 28.5 Å². The second-order valence-corrected chi connectivity index (χ2v) is 5.58. The predicted octanol–water partition coefficient (Wildman–Crippen LogP) is 2.19. The summed E-state index contributed by atoms with van der Waals surface area (Å²) in [4.78, 5) is 11.6. The van der Waals surface area contributed by atoms with Crippen LogP contribution in [0.25, 0.3) is 0 Å². The Labute approximate surface area is 127 Å². The molecule has 0 heterocycles. The number of nitrogens with one attached hydrogen (secondary N) is 1. The minimum atomic E-state index is -0.130. The third kappa shape index (κ3) is 6.77. The summed E-state index contributed by atoms with van der Waals surface area (Å²) in [6, 6.07) is 7.55. The number of amides is 1. The first-order valence-electron chi connectivity index (χ1n) is 6.41. The van der Waals surface area contributed by atoms with Crippen molar-refractivity contribution < 1.29 is 14.6 Å². The number of benzene rings is 1. The number of ether oxygens (including phenoxy) is 1. The highest BCUT2D eigenvalue weighted by Crippen LogP contribution is 2.13. The summed E-state index contributed by atoms with van der Waals surface area (Å²) in [6.07, 6.45) is 1.66. The van der Waals surface area contributed by atoms with E-state index in [4.69, 9.17) is 9.84 Å². The Hall–Kier alpha value is -0.820. The molecular formula is C14H20INO3. The number of rotatable bonds is 8. The van der Waals surface area contributed by atoms with Crippen LogP contribution in [0.1, 0.15) is 19.8 Å². The Balaban J connectivity index is 2.25. The van der Waals surface area contributed by atoms with Crippen molar-refractivity contribution in [3.63, 3.8) is 0 Å². The van der Waals surface area contributed by atoms with E-state index in [9.17, 15) is 4.79 Å². The lowest BCUT2D eigenvalue weighted by atomic mass is 10.0. The number of hydrogen-bond acceptors (Lipinski definition) is 3. The lowest BCUT2D eigenvalue weighted by Crippen LogP contribution is -2.33. The zero-order valence-corrected chi connectivity index (χ0v) is 13.2. The molecule has 0 saturated heterocycles. The normalized spacial score (nSPS) is 11.9. The second-order valence-electron chi connectivity index (χ2n) is 4.33. The van der Waals surface area contributed by atoms with Crippen LogP contribution in [0.3, 0.4) is 0 Å². The van der Waals surface area contributed by atoms with Crippen LogP contribution in [0.2, 0.25) is 0 Å². The summed E-state index contributed by atoms with van der Waals surface area (Å²) >= 11 is 2.22. The number of aliphatic hydroxyl groups is 1. The van der Waals surface area contributed by atoms with Crippen LogP contribution in [-0.2, 0) is 4.79 Å². The van der Waals surface area contributed by atoms with Crippen LogP contribution in [0.5, 0.6) is 5.75 Å². The molecule has 4 nitrogen and oxygen atoms in total. The van der Waals surface area contributed by atoms with Gasteiger partial charge < -0.3 is 15.2 Å². The molecule has 0 spiro atoms. The van der Waals surface area contributed by atoms with Crippen molar-refractivity contribution in [3.8, 4) is 5.75 Å². The molecule has 1 aromatic rings. The van der Waals surface area contributed by atoms with Gasteiger partial charge in [0, 0.05) is 16.7 Å². The summed E-state index contributed by atoms with van der Waals surface area (Å²) < 4.78 is 6.51. The maximum absolute atomic E-state index is 11.6. The molecule has 1 rings (SSSR count). The molecule has 0 bridgehead atoms. The summed E-state index contributed by atoms with van der Waals surface area (Å²) in [6.45, 7) is 2.82. The highest BCUT2D eigenvalue weighted by molar-refractivity contribution is 14.1. The maximum Gasteiger partial charge on any atom is 0.257 e. The molecule has 2 N–H and O–H groups in total. The molecule has 0 aliphatic carbocycles. The van der Waals surface area contributed by atoms with Crippen LogP contribution < -0.4 is 10.1 Å². The van der Waals surface area contributed by atoms with Gasteiger partial charge in [-0.25, -0.2) is 0 Å². The molecule has 1 atom stereocenters. The van der Waals surface area contributed by atoms with Gasteiger partial charge in [-0.3, -0.25) is 4.79 Å². The number of aliphatic hydroxyl groups excluding tert-OH is 1. The zero-order chi connectivity index (χ0) is 14.1. The fourth-order valence-corrected chi connectivity index (χ4v) is 1.98. The van der Waals surface area contributed by atoms with Gasteiger partial charge in [-0.2, -0.15) is 0 Å². The number of carbonyl (C=O) groups is 1. The molecule has 0 unspecified atom stereocenters. The van der Waals surface area contributed by atoms with E-state index in [1.165, 1.54) is 0 Å². The first-order valence-corrected chi connectivity index (χ1v) is 7.49. The highest BCUT2D eigenvalue weighted by atomic mass is 127. The van der Waals surface area contributed by atoms with E-state index < -0.39 is 0 Å². The van der Waals surface area contributed by atoms with E-state index in [0.29, 0.717) is 18.2 Å². The van der Waals surface area contributed by atoms with Gasteiger partial charge in [-0.05, 0) is 59.2 Å². The summed E-state index contributed by atoms with van der Waals surface area (Å²) in [7, 11) is 0. The Kier molecular flexibility index (Phi) is 7.81. The Morgan fingerprint density at radius 1 is 1.42 bits per heavy atom. The van der Waals surface area contributed by atoms with E-state index >= 15 is 0 Å². The van der Waals surface area contributed by atoms with Crippen LogP contribution in [-0.4, -0.2) is 30.8 Å². The number of hydrogen-bond donors (Lipinski definition) is 2. The molecule has 1 aromatic carbocycles. The Morgan fingerprint density at radius 2 is 2.11 bits per heavy atom. The zero-order valence-electron chi connectivity index (χ0n) is 11.1. The third-order valence-corrected chi connectivity index (χ3v) is 3.61. The van der Waals surface area contributed by atoms with Crippen LogP contribution in [0.4, 0.5) is 0 Å². The molecule has 0 aromatic heterocycles. The third-order valence-electron chi connectivity index (χ3n) is 2.89.